The molecule has 4 rings (SSSR count). The van der Waals surface area contributed by atoms with Crippen LogP contribution in [0.5, 0.6) is 0 Å². The average Bonchev–Trinajstić information content (AvgIpc) is 3.22. The fourth-order valence-corrected chi connectivity index (χ4v) is 5.70. The van der Waals surface area contributed by atoms with Gasteiger partial charge in [0.15, 0.2) is 0 Å². The molecule has 3 N–H and O–H groups in total. The van der Waals surface area contributed by atoms with Crippen molar-refractivity contribution in [1.82, 2.24) is 4.31 Å². The summed E-state index contributed by atoms with van der Waals surface area (Å²) >= 11 is 0. The van der Waals surface area contributed by atoms with Gasteiger partial charge in [-0.05, 0) is 79.6 Å². The number of carbonyl (C=O) groups excluding carboxylic acids is 2. The van der Waals surface area contributed by atoms with Gasteiger partial charge < -0.3 is 11.1 Å². The molecule has 2 aromatic carbocycles. The molecular formula is C22H25N3O4S. The predicted molar refractivity (Wildman–Crippen MR) is 114 cm³/mol. The molecule has 0 spiro atoms. The summed E-state index contributed by atoms with van der Waals surface area (Å²) in [5.74, 6) is -0.923. The Kier molecular flexibility index (Phi) is 5.62. The summed E-state index contributed by atoms with van der Waals surface area (Å²) in [6.45, 7) is 0.635. The summed E-state index contributed by atoms with van der Waals surface area (Å²) < 4.78 is 27.5. The molecule has 1 heterocycles. The molecule has 2 amide bonds. The lowest BCUT2D eigenvalue weighted by Gasteiger charge is -2.30. The lowest BCUT2D eigenvalue weighted by Crippen LogP contribution is -2.41. The van der Waals surface area contributed by atoms with Crippen LogP contribution in [0.15, 0.2) is 47.4 Å². The molecular weight excluding hydrogens is 402 g/mol. The number of hydrogen-bond acceptors (Lipinski definition) is 4. The number of carbonyl (C=O) groups is 2. The minimum Gasteiger partial charge on any atom is -0.366 e. The monoisotopic (exact) mass is 427 g/mol. The number of primary amides is 1. The number of rotatable bonds is 5. The van der Waals surface area contributed by atoms with Crippen molar-refractivity contribution in [2.75, 3.05) is 18.4 Å². The van der Waals surface area contributed by atoms with Crippen LogP contribution in [0.4, 0.5) is 5.69 Å². The number of fused-ring (bicyclic) bond motifs is 1. The molecule has 1 fully saturated rings. The van der Waals surface area contributed by atoms with Crippen LogP contribution in [0.2, 0.25) is 0 Å². The van der Waals surface area contributed by atoms with Gasteiger partial charge in [-0.3, -0.25) is 9.59 Å². The van der Waals surface area contributed by atoms with Crippen molar-refractivity contribution in [3.8, 4) is 0 Å². The van der Waals surface area contributed by atoms with Gasteiger partial charge >= 0.3 is 0 Å². The van der Waals surface area contributed by atoms with Crippen molar-refractivity contribution in [2.24, 2.45) is 11.7 Å². The summed E-state index contributed by atoms with van der Waals surface area (Å²) in [6, 6.07) is 11.8. The van der Waals surface area contributed by atoms with Gasteiger partial charge in [0.1, 0.15) is 0 Å². The molecule has 2 aromatic rings. The summed E-state index contributed by atoms with van der Waals surface area (Å²) in [6.07, 6.45) is 3.96. The third kappa shape index (κ3) is 4.11. The summed E-state index contributed by atoms with van der Waals surface area (Å²) in [5.41, 5.74) is 8.55. The molecule has 158 valence electrons. The zero-order valence-corrected chi connectivity index (χ0v) is 17.5. The van der Waals surface area contributed by atoms with E-state index in [4.69, 9.17) is 5.73 Å². The molecule has 0 unspecified atom stereocenters. The molecule has 1 aliphatic carbocycles. The van der Waals surface area contributed by atoms with Gasteiger partial charge in [-0.15, -0.1) is 0 Å². The Balaban J connectivity index is 1.37. The Morgan fingerprint density at radius 3 is 2.30 bits per heavy atom. The fourth-order valence-electron chi connectivity index (χ4n) is 4.18. The van der Waals surface area contributed by atoms with E-state index in [0.29, 0.717) is 42.1 Å². The molecule has 0 bridgehead atoms. The molecule has 0 aromatic heterocycles. The molecule has 7 nitrogen and oxygen atoms in total. The Labute approximate surface area is 176 Å². The van der Waals surface area contributed by atoms with Crippen molar-refractivity contribution in [2.45, 2.75) is 37.0 Å². The second-order valence-electron chi connectivity index (χ2n) is 7.89. The van der Waals surface area contributed by atoms with Crippen molar-refractivity contribution in [1.29, 1.82) is 0 Å². The van der Waals surface area contributed by atoms with Crippen molar-refractivity contribution >= 4 is 27.5 Å². The van der Waals surface area contributed by atoms with Crippen LogP contribution in [0.1, 0.15) is 40.7 Å². The van der Waals surface area contributed by atoms with Crippen molar-refractivity contribution < 1.29 is 18.0 Å². The number of piperidine rings is 1. The molecule has 30 heavy (non-hydrogen) atoms. The van der Waals surface area contributed by atoms with E-state index in [-0.39, 0.29) is 11.8 Å². The third-order valence-corrected chi connectivity index (χ3v) is 7.86. The van der Waals surface area contributed by atoms with Gasteiger partial charge in [0.2, 0.25) is 21.8 Å². The highest BCUT2D eigenvalue weighted by Gasteiger charge is 2.32. The Morgan fingerprint density at radius 1 is 0.967 bits per heavy atom. The van der Waals surface area contributed by atoms with Crippen molar-refractivity contribution in [3.05, 3.63) is 59.2 Å². The van der Waals surface area contributed by atoms with Crippen LogP contribution in [0.3, 0.4) is 0 Å². The van der Waals surface area contributed by atoms with Gasteiger partial charge in [-0.2, -0.15) is 4.31 Å². The summed E-state index contributed by atoms with van der Waals surface area (Å²) in [5, 5.41) is 2.83. The highest BCUT2D eigenvalue weighted by molar-refractivity contribution is 7.89. The lowest BCUT2D eigenvalue weighted by atomic mass is 9.97. The minimum atomic E-state index is -3.55. The van der Waals surface area contributed by atoms with E-state index in [1.165, 1.54) is 9.87 Å². The van der Waals surface area contributed by atoms with Crippen molar-refractivity contribution in [3.63, 3.8) is 0 Å². The lowest BCUT2D eigenvalue weighted by molar-refractivity contribution is -0.120. The van der Waals surface area contributed by atoms with Crippen LogP contribution < -0.4 is 11.1 Å². The van der Waals surface area contributed by atoms with Gasteiger partial charge in [-0.1, -0.05) is 6.07 Å². The van der Waals surface area contributed by atoms with Crippen LogP contribution in [-0.2, 0) is 27.7 Å². The summed E-state index contributed by atoms with van der Waals surface area (Å²) in [7, 11) is -3.55. The number of aryl methyl sites for hydroxylation is 2. The molecule has 0 atom stereocenters. The number of nitrogens with two attached hydrogens (primary N) is 1. The Morgan fingerprint density at radius 2 is 1.63 bits per heavy atom. The highest BCUT2D eigenvalue weighted by atomic mass is 32.2. The van der Waals surface area contributed by atoms with Crippen LogP contribution >= 0.6 is 0 Å². The largest absolute Gasteiger partial charge is 0.366 e. The van der Waals surface area contributed by atoms with Crippen LogP contribution in [0, 0.1) is 5.92 Å². The maximum atomic E-state index is 13.0. The molecule has 8 heteroatoms. The van der Waals surface area contributed by atoms with Gasteiger partial charge in [0.05, 0.1) is 4.90 Å². The first kappa shape index (κ1) is 20.6. The highest BCUT2D eigenvalue weighted by Crippen LogP contribution is 2.29. The summed E-state index contributed by atoms with van der Waals surface area (Å²) in [4.78, 5) is 24.1. The standard InChI is InChI=1S/C22H25N3O4S/c23-21(26)16-4-7-19(8-5-16)24-22(27)17-10-12-25(13-11-17)30(28,29)20-9-6-15-2-1-3-18(15)14-20/h4-9,14,17H,1-3,10-13H2,(H2,23,26)(H,24,27). The van der Waals surface area contributed by atoms with E-state index in [2.05, 4.69) is 5.32 Å². The predicted octanol–water partition coefficient (Wildman–Crippen LogP) is 2.31. The minimum absolute atomic E-state index is 0.142. The Hall–Kier alpha value is -2.71. The topological polar surface area (TPSA) is 110 Å². The molecule has 2 aliphatic rings. The normalized spacial score (nSPS) is 17.5. The quantitative estimate of drug-likeness (QED) is 0.763. The number of anilines is 1. The SMILES string of the molecule is NC(=O)c1ccc(NC(=O)C2CCN(S(=O)(=O)c3ccc4c(c3)CCC4)CC2)cc1. The fraction of sp³-hybridized carbons (Fsp3) is 0.364. The van der Waals surface area contributed by atoms with E-state index in [1.807, 2.05) is 12.1 Å². The second kappa shape index (κ2) is 8.20. The zero-order chi connectivity index (χ0) is 21.3. The Bertz CT molecular complexity index is 1070. The molecule has 0 saturated carbocycles. The second-order valence-corrected chi connectivity index (χ2v) is 9.83. The first-order valence-corrected chi connectivity index (χ1v) is 11.6. The van der Waals surface area contributed by atoms with Gasteiger partial charge in [0.25, 0.3) is 0 Å². The van der Waals surface area contributed by atoms with Gasteiger partial charge in [-0.25, -0.2) is 8.42 Å². The number of benzene rings is 2. The first-order valence-electron chi connectivity index (χ1n) is 10.2. The number of amides is 2. The van der Waals surface area contributed by atoms with Crippen LogP contribution in [-0.4, -0.2) is 37.6 Å². The molecule has 0 radical (unpaired) electrons. The smallest absolute Gasteiger partial charge is 0.248 e. The molecule has 1 aliphatic heterocycles. The van der Waals surface area contributed by atoms with E-state index < -0.39 is 15.9 Å². The maximum Gasteiger partial charge on any atom is 0.248 e. The zero-order valence-electron chi connectivity index (χ0n) is 16.6. The molecule has 1 saturated heterocycles. The number of nitrogens with one attached hydrogen (secondary N) is 1. The van der Waals surface area contributed by atoms with E-state index >= 15 is 0 Å². The van der Waals surface area contributed by atoms with Crippen LogP contribution in [0.25, 0.3) is 0 Å². The van der Waals surface area contributed by atoms with E-state index in [0.717, 1.165) is 24.8 Å². The van der Waals surface area contributed by atoms with E-state index in [1.54, 1.807) is 30.3 Å². The maximum absolute atomic E-state index is 13.0. The van der Waals surface area contributed by atoms with E-state index in [9.17, 15) is 18.0 Å². The number of hydrogen-bond donors (Lipinski definition) is 2. The van der Waals surface area contributed by atoms with Gasteiger partial charge in [0, 0.05) is 30.3 Å². The third-order valence-electron chi connectivity index (χ3n) is 5.97. The number of nitrogens with zero attached hydrogens (tertiary/aromatic N) is 1. The average molecular weight is 428 g/mol. The number of sulfonamides is 1. The first-order chi connectivity index (χ1) is 14.3.